The summed E-state index contributed by atoms with van der Waals surface area (Å²) in [6.45, 7) is 0. The largest absolute Gasteiger partial charge is 0.481 e. The maximum Gasteiger partial charge on any atom is 0.306 e. The van der Waals surface area contributed by atoms with Crippen molar-refractivity contribution in [1.29, 1.82) is 0 Å². The molecular weight excluding hydrogens is 220 g/mol. The van der Waals surface area contributed by atoms with Crippen molar-refractivity contribution in [1.82, 2.24) is 9.78 Å². The molecule has 0 saturated carbocycles. The number of rotatable bonds is 4. The van der Waals surface area contributed by atoms with E-state index < -0.39 is 12.1 Å². The molecule has 0 spiro atoms. The summed E-state index contributed by atoms with van der Waals surface area (Å²) in [6.07, 6.45) is 2.01. The van der Waals surface area contributed by atoms with Gasteiger partial charge in [0.1, 0.15) is 0 Å². The normalized spacial score (nSPS) is 12.3. The fourth-order valence-electron chi connectivity index (χ4n) is 1.66. The smallest absolute Gasteiger partial charge is 0.306 e. The summed E-state index contributed by atoms with van der Waals surface area (Å²) in [7, 11) is 0. The van der Waals surface area contributed by atoms with Crippen LogP contribution in [0.1, 0.15) is 18.1 Å². The lowest BCUT2D eigenvalue weighted by Crippen LogP contribution is -2.09. The monoisotopic (exact) mass is 232 g/mol. The van der Waals surface area contributed by atoms with Crippen LogP contribution in [0.2, 0.25) is 0 Å². The molecule has 1 aromatic heterocycles. The van der Waals surface area contributed by atoms with Crippen LogP contribution in [0.15, 0.2) is 42.7 Å². The molecule has 5 heteroatoms. The van der Waals surface area contributed by atoms with Gasteiger partial charge in [-0.25, -0.2) is 4.68 Å². The molecule has 17 heavy (non-hydrogen) atoms. The second-order valence-corrected chi connectivity index (χ2v) is 3.62. The molecule has 0 fully saturated rings. The van der Waals surface area contributed by atoms with Crippen LogP contribution < -0.4 is 0 Å². The standard InChI is InChI=1S/C12H12N2O3/c15-11(8-12(16)17)9-4-1-2-5-10(9)14-7-3-6-13-14/h1-7,11,15H,8H2,(H,16,17). The molecule has 0 saturated heterocycles. The van der Waals surface area contributed by atoms with Gasteiger partial charge in [-0.1, -0.05) is 18.2 Å². The minimum Gasteiger partial charge on any atom is -0.481 e. The molecule has 5 nitrogen and oxygen atoms in total. The summed E-state index contributed by atoms with van der Waals surface area (Å²) >= 11 is 0. The fraction of sp³-hybridized carbons (Fsp3) is 0.167. The highest BCUT2D eigenvalue weighted by Gasteiger charge is 2.16. The maximum atomic E-state index is 10.6. The molecule has 1 unspecified atom stereocenters. The Morgan fingerprint density at radius 2 is 2.12 bits per heavy atom. The highest BCUT2D eigenvalue weighted by Crippen LogP contribution is 2.23. The number of carbonyl (C=O) groups is 1. The van der Waals surface area contributed by atoms with Gasteiger partial charge < -0.3 is 10.2 Å². The van der Waals surface area contributed by atoms with Crippen molar-refractivity contribution in [2.75, 3.05) is 0 Å². The van der Waals surface area contributed by atoms with Crippen LogP contribution in [0.5, 0.6) is 0 Å². The zero-order valence-electron chi connectivity index (χ0n) is 9.02. The van der Waals surface area contributed by atoms with Crippen LogP contribution >= 0.6 is 0 Å². The molecule has 0 aliphatic carbocycles. The number of carboxylic acids is 1. The summed E-state index contributed by atoms with van der Waals surface area (Å²) in [5.74, 6) is -1.03. The molecule has 2 rings (SSSR count). The molecule has 0 bridgehead atoms. The van der Waals surface area contributed by atoms with Crippen molar-refractivity contribution in [2.45, 2.75) is 12.5 Å². The average molecular weight is 232 g/mol. The van der Waals surface area contributed by atoms with E-state index in [9.17, 15) is 9.90 Å². The Hall–Kier alpha value is -2.14. The molecule has 1 aromatic carbocycles. The second kappa shape index (κ2) is 4.80. The zero-order valence-corrected chi connectivity index (χ0v) is 9.02. The molecule has 2 aromatic rings. The highest BCUT2D eigenvalue weighted by molar-refractivity contribution is 5.68. The third-order valence-electron chi connectivity index (χ3n) is 2.41. The molecular formula is C12H12N2O3. The first-order chi connectivity index (χ1) is 8.18. The van der Waals surface area contributed by atoms with Gasteiger partial charge in [-0.3, -0.25) is 4.79 Å². The molecule has 0 radical (unpaired) electrons. The number of aliphatic carboxylic acids is 1. The Kier molecular flexibility index (Phi) is 3.20. The predicted molar refractivity (Wildman–Crippen MR) is 60.8 cm³/mol. The minimum absolute atomic E-state index is 0.321. The fourth-order valence-corrected chi connectivity index (χ4v) is 1.66. The predicted octanol–water partition coefficient (Wildman–Crippen LogP) is 1.38. The van der Waals surface area contributed by atoms with Gasteiger partial charge in [0.05, 0.1) is 18.2 Å². The Labute approximate surface area is 97.9 Å². The van der Waals surface area contributed by atoms with Crippen LogP contribution in [0.4, 0.5) is 0 Å². The van der Waals surface area contributed by atoms with Crippen molar-refractivity contribution in [2.24, 2.45) is 0 Å². The summed E-state index contributed by atoms with van der Waals surface area (Å²) in [6, 6.07) is 8.82. The molecule has 0 aliphatic heterocycles. The van der Waals surface area contributed by atoms with Crippen LogP contribution in [-0.2, 0) is 4.79 Å². The first-order valence-electron chi connectivity index (χ1n) is 5.17. The van der Waals surface area contributed by atoms with E-state index in [-0.39, 0.29) is 6.42 Å². The van der Waals surface area contributed by atoms with E-state index >= 15 is 0 Å². The lowest BCUT2D eigenvalue weighted by molar-refractivity contribution is -0.139. The molecule has 0 aliphatic rings. The van der Waals surface area contributed by atoms with E-state index in [2.05, 4.69) is 5.10 Å². The number of hydrogen-bond acceptors (Lipinski definition) is 3. The molecule has 2 N–H and O–H groups in total. The van der Waals surface area contributed by atoms with Crippen LogP contribution in [0.3, 0.4) is 0 Å². The number of benzene rings is 1. The van der Waals surface area contributed by atoms with E-state index in [4.69, 9.17) is 5.11 Å². The van der Waals surface area contributed by atoms with E-state index in [1.54, 1.807) is 41.3 Å². The molecule has 0 amide bonds. The maximum absolute atomic E-state index is 10.6. The van der Waals surface area contributed by atoms with E-state index in [1.807, 2.05) is 6.07 Å². The number of carboxylic acid groups (broad SMARTS) is 1. The van der Waals surface area contributed by atoms with Crippen LogP contribution in [0, 0.1) is 0 Å². The Bertz CT molecular complexity index is 508. The van der Waals surface area contributed by atoms with Crippen molar-refractivity contribution < 1.29 is 15.0 Å². The zero-order chi connectivity index (χ0) is 12.3. The van der Waals surface area contributed by atoms with Gasteiger partial charge >= 0.3 is 5.97 Å². The van der Waals surface area contributed by atoms with Gasteiger partial charge in [0.25, 0.3) is 0 Å². The molecule has 1 heterocycles. The van der Waals surface area contributed by atoms with E-state index in [0.717, 1.165) is 0 Å². The topological polar surface area (TPSA) is 75.3 Å². The quantitative estimate of drug-likeness (QED) is 0.835. The summed E-state index contributed by atoms with van der Waals surface area (Å²) < 4.78 is 1.60. The lowest BCUT2D eigenvalue weighted by Gasteiger charge is -2.13. The van der Waals surface area contributed by atoms with Gasteiger partial charge in [-0.2, -0.15) is 5.10 Å². The first kappa shape index (κ1) is 11.3. The second-order valence-electron chi connectivity index (χ2n) is 3.62. The molecule has 88 valence electrons. The van der Waals surface area contributed by atoms with Gasteiger partial charge in [0, 0.05) is 18.0 Å². The minimum atomic E-state index is -1.03. The average Bonchev–Trinajstić information content (AvgIpc) is 2.81. The Morgan fingerprint density at radius 3 is 2.76 bits per heavy atom. The summed E-state index contributed by atoms with van der Waals surface area (Å²) in [4.78, 5) is 10.6. The highest BCUT2D eigenvalue weighted by atomic mass is 16.4. The van der Waals surface area contributed by atoms with E-state index in [1.165, 1.54) is 0 Å². The van der Waals surface area contributed by atoms with Gasteiger partial charge in [0.2, 0.25) is 0 Å². The number of aliphatic hydroxyl groups excluding tert-OH is 1. The third kappa shape index (κ3) is 2.51. The van der Waals surface area contributed by atoms with Crippen molar-refractivity contribution in [3.05, 3.63) is 48.3 Å². The molecule has 1 atom stereocenters. The third-order valence-corrected chi connectivity index (χ3v) is 2.41. The van der Waals surface area contributed by atoms with Crippen LogP contribution in [0.25, 0.3) is 5.69 Å². The number of hydrogen-bond donors (Lipinski definition) is 2. The number of para-hydroxylation sites is 1. The summed E-state index contributed by atoms with van der Waals surface area (Å²) in [5, 5.41) is 22.6. The lowest BCUT2D eigenvalue weighted by atomic mass is 10.0. The number of aliphatic hydroxyl groups is 1. The Morgan fingerprint density at radius 1 is 1.35 bits per heavy atom. The van der Waals surface area contributed by atoms with Crippen molar-refractivity contribution >= 4 is 5.97 Å². The van der Waals surface area contributed by atoms with Gasteiger partial charge in [-0.15, -0.1) is 0 Å². The first-order valence-corrected chi connectivity index (χ1v) is 5.17. The van der Waals surface area contributed by atoms with Crippen LogP contribution in [-0.4, -0.2) is 26.0 Å². The van der Waals surface area contributed by atoms with Crippen molar-refractivity contribution in [3.63, 3.8) is 0 Å². The van der Waals surface area contributed by atoms with Gasteiger partial charge in [0.15, 0.2) is 0 Å². The van der Waals surface area contributed by atoms with E-state index in [0.29, 0.717) is 11.3 Å². The summed E-state index contributed by atoms with van der Waals surface area (Å²) in [5.41, 5.74) is 1.24. The van der Waals surface area contributed by atoms with Gasteiger partial charge in [-0.05, 0) is 12.1 Å². The number of aromatic nitrogens is 2. The van der Waals surface area contributed by atoms with Crippen molar-refractivity contribution in [3.8, 4) is 5.69 Å². The SMILES string of the molecule is O=C(O)CC(O)c1ccccc1-n1cccn1. The number of nitrogens with zero attached hydrogens (tertiary/aromatic N) is 2. The Balaban J connectivity index is 2.37.